The molecule has 1 aromatic rings. The number of esters is 1. The quantitative estimate of drug-likeness (QED) is 0.222. The van der Waals surface area contributed by atoms with Crippen LogP contribution in [0.1, 0.15) is 49.4 Å². The van der Waals surface area contributed by atoms with Crippen molar-refractivity contribution in [3.63, 3.8) is 0 Å². The van der Waals surface area contributed by atoms with Crippen molar-refractivity contribution in [1.29, 1.82) is 0 Å². The van der Waals surface area contributed by atoms with Crippen LogP contribution in [0.3, 0.4) is 0 Å². The van der Waals surface area contributed by atoms with Gasteiger partial charge in [-0.1, -0.05) is 6.07 Å². The second-order valence-electron chi connectivity index (χ2n) is 10.5. The van der Waals surface area contributed by atoms with Crippen molar-refractivity contribution in [2.24, 2.45) is 11.8 Å². The predicted octanol–water partition coefficient (Wildman–Crippen LogP) is 1.42. The van der Waals surface area contributed by atoms with E-state index in [-0.39, 0.29) is 31.4 Å². The maximum atomic E-state index is 13.3. The number of rotatable bonds is 10. The van der Waals surface area contributed by atoms with E-state index in [1.807, 2.05) is 6.07 Å². The number of aliphatic hydroxyl groups excluding tert-OH is 2. The van der Waals surface area contributed by atoms with Crippen molar-refractivity contribution < 1.29 is 38.8 Å². The highest BCUT2D eigenvalue weighted by Gasteiger charge is 2.64. The van der Waals surface area contributed by atoms with E-state index in [0.717, 1.165) is 29.3 Å². The standard InChI is InChI=1S/C27H33IN2O8/c1-14(32)22(25(34)29-9-10-31)30-24(33)16-12-20(36-26(35)15-3-2-4-19(28)11-15)23-21(13-16)37-27(38-23,17-5-6-17)18-7-8-18/h2-4,11,13-14,17-18,20-23,31-32H,5-10,12H2,1H3,(H,29,34)(H,30,33)/t14-,20+,21+,22+,23-/m0/s1. The minimum atomic E-state index is -1.22. The number of hydrogen-bond donors (Lipinski definition) is 4. The number of aliphatic hydroxyl groups is 2. The third-order valence-electron chi connectivity index (χ3n) is 7.48. The Labute approximate surface area is 234 Å². The Balaban J connectivity index is 1.38. The molecule has 5 rings (SSSR count). The van der Waals surface area contributed by atoms with Crippen molar-refractivity contribution in [2.75, 3.05) is 13.2 Å². The average Bonchev–Trinajstić information content (AvgIpc) is 3.82. The highest BCUT2D eigenvalue weighted by Crippen LogP contribution is 2.59. The molecule has 4 N–H and O–H groups in total. The molecule has 1 aliphatic heterocycles. The summed E-state index contributed by atoms with van der Waals surface area (Å²) in [6, 6.07) is 5.84. The molecule has 10 nitrogen and oxygen atoms in total. The molecule has 1 saturated heterocycles. The number of fused-ring (bicyclic) bond motifs is 1. The van der Waals surface area contributed by atoms with Crippen molar-refractivity contribution in [2.45, 2.75) is 75.3 Å². The lowest BCUT2D eigenvalue weighted by Gasteiger charge is -2.31. The Morgan fingerprint density at radius 1 is 1.18 bits per heavy atom. The van der Waals surface area contributed by atoms with Gasteiger partial charge in [0.15, 0.2) is 5.79 Å². The molecular formula is C27H33IN2O8. The molecule has 0 aromatic heterocycles. The molecule has 1 aromatic carbocycles. The van der Waals surface area contributed by atoms with Gasteiger partial charge in [-0.15, -0.1) is 0 Å². The molecule has 38 heavy (non-hydrogen) atoms. The number of hydrogen-bond acceptors (Lipinski definition) is 8. The largest absolute Gasteiger partial charge is 0.456 e. The maximum absolute atomic E-state index is 13.3. The van der Waals surface area contributed by atoms with Gasteiger partial charge < -0.3 is 35.1 Å². The molecule has 0 radical (unpaired) electrons. The van der Waals surface area contributed by atoms with E-state index in [4.69, 9.17) is 19.3 Å². The van der Waals surface area contributed by atoms with Crippen LogP contribution in [0.15, 0.2) is 35.9 Å². The highest BCUT2D eigenvalue weighted by atomic mass is 127. The molecule has 2 amide bonds. The molecule has 11 heteroatoms. The SMILES string of the molecule is C[C@H](O)[C@@H](NC(=O)C1=C[C@H]2OC(C3CC3)(C3CC3)O[C@H]2[C@H](OC(=O)c2cccc(I)c2)C1)C(=O)NCCO. The smallest absolute Gasteiger partial charge is 0.338 e. The minimum absolute atomic E-state index is 0.00355. The molecule has 0 unspecified atom stereocenters. The van der Waals surface area contributed by atoms with Crippen LogP contribution < -0.4 is 10.6 Å². The zero-order chi connectivity index (χ0) is 27.0. The summed E-state index contributed by atoms with van der Waals surface area (Å²) in [4.78, 5) is 38.9. The summed E-state index contributed by atoms with van der Waals surface area (Å²) in [5.74, 6) is -1.85. The van der Waals surface area contributed by atoms with Crippen LogP contribution in [0.2, 0.25) is 0 Å². The number of halogens is 1. The van der Waals surface area contributed by atoms with Crippen LogP contribution in [0.25, 0.3) is 0 Å². The Kier molecular flexibility index (Phi) is 8.11. The van der Waals surface area contributed by atoms with E-state index in [2.05, 4.69) is 33.2 Å². The average molecular weight is 640 g/mol. The number of amides is 2. The number of ether oxygens (including phenoxy) is 3. The Bertz CT molecular complexity index is 1100. The van der Waals surface area contributed by atoms with E-state index in [1.165, 1.54) is 6.92 Å². The molecule has 4 aliphatic rings. The Morgan fingerprint density at radius 3 is 2.50 bits per heavy atom. The van der Waals surface area contributed by atoms with Gasteiger partial charge in [0, 0.05) is 33.9 Å². The molecular weight excluding hydrogens is 607 g/mol. The fourth-order valence-corrected chi connectivity index (χ4v) is 5.86. The van der Waals surface area contributed by atoms with Crippen LogP contribution in [-0.2, 0) is 23.8 Å². The topological polar surface area (TPSA) is 143 Å². The molecule has 206 valence electrons. The van der Waals surface area contributed by atoms with Crippen LogP contribution in [0.5, 0.6) is 0 Å². The zero-order valence-electron chi connectivity index (χ0n) is 21.1. The summed E-state index contributed by atoms with van der Waals surface area (Å²) in [6.07, 6.45) is 2.73. The summed E-state index contributed by atoms with van der Waals surface area (Å²) < 4.78 is 20.0. The van der Waals surface area contributed by atoms with Crippen molar-refractivity contribution >= 4 is 40.4 Å². The maximum Gasteiger partial charge on any atom is 0.338 e. The summed E-state index contributed by atoms with van der Waals surface area (Å²) in [6.45, 7) is 1.12. The van der Waals surface area contributed by atoms with Gasteiger partial charge in [0.25, 0.3) is 0 Å². The molecule has 1 heterocycles. The van der Waals surface area contributed by atoms with Gasteiger partial charge in [0.1, 0.15) is 24.4 Å². The lowest BCUT2D eigenvalue weighted by atomic mass is 9.91. The fourth-order valence-electron chi connectivity index (χ4n) is 5.32. The summed E-state index contributed by atoms with van der Waals surface area (Å²) >= 11 is 2.13. The fraction of sp³-hybridized carbons (Fsp3) is 0.593. The lowest BCUT2D eigenvalue weighted by Crippen LogP contribution is -2.54. The Hall–Kier alpha value is -2.06. The van der Waals surface area contributed by atoms with E-state index in [0.29, 0.717) is 11.1 Å². The Morgan fingerprint density at radius 2 is 1.89 bits per heavy atom. The first-order valence-electron chi connectivity index (χ1n) is 13.1. The predicted molar refractivity (Wildman–Crippen MR) is 143 cm³/mol. The number of benzene rings is 1. The zero-order valence-corrected chi connectivity index (χ0v) is 23.3. The molecule has 3 fully saturated rings. The van der Waals surface area contributed by atoms with E-state index in [1.54, 1.807) is 24.3 Å². The third kappa shape index (κ3) is 5.76. The van der Waals surface area contributed by atoms with Gasteiger partial charge in [0.2, 0.25) is 11.8 Å². The first-order chi connectivity index (χ1) is 18.2. The van der Waals surface area contributed by atoms with E-state index < -0.39 is 54.0 Å². The minimum Gasteiger partial charge on any atom is -0.456 e. The van der Waals surface area contributed by atoms with Crippen molar-refractivity contribution in [1.82, 2.24) is 10.6 Å². The molecule has 3 aliphatic carbocycles. The molecule has 0 spiro atoms. The van der Waals surface area contributed by atoms with Crippen molar-refractivity contribution in [3.8, 4) is 0 Å². The van der Waals surface area contributed by atoms with Gasteiger partial charge in [-0.05, 0) is 79.5 Å². The lowest BCUT2D eigenvalue weighted by molar-refractivity contribution is -0.209. The summed E-state index contributed by atoms with van der Waals surface area (Å²) in [5.41, 5.74) is 0.691. The monoisotopic (exact) mass is 640 g/mol. The molecule has 5 atom stereocenters. The number of carbonyl (C=O) groups is 3. The number of nitrogens with one attached hydrogen (secondary N) is 2. The van der Waals surface area contributed by atoms with Gasteiger partial charge in [-0.2, -0.15) is 0 Å². The van der Waals surface area contributed by atoms with Crippen LogP contribution in [-0.4, -0.2) is 77.4 Å². The third-order valence-corrected chi connectivity index (χ3v) is 8.15. The second kappa shape index (κ2) is 11.2. The number of carbonyl (C=O) groups excluding carboxylic acids is 3. The summed E-state index contributed by atoms with van der Waals surface area (Å²) in [5, 5.41) is 24.2. The molecule has 2 saturated carbocycles. The van der Waals surface area contributed by atoms with Crippen LogP contribution in [0.4, 0.5) is 0 Å². The van der Waals surface area contributed by atoms with Crippen LogP contribution in [0, 0.1) is 15.4 Å². The van der Waals surface area contributed by atoms with Crippen molar-refractivity contribution in [3.05, 3.63) is 45.0 Å². The van der Waals surface area contributed by atoms with Gasteiger partial charge >= 0.3 is 5.97 Å². The van der Waals surface area contributed by atoms with Gasteiger partial charge in [-0.25, -0.2) is 4.79 Å². The van der Waals surface area contributed by atoms with Crippen LogP contribution >= 0.6 is 22.6 Å². The van der Waals surface area contributed by atoms with E-state index >= 15 is 0 Å². The normalized spacial score (nSPS) is 27.5. The first-order valence-corrected chi connectivity index (χ1v) is 14.2. The van der Waals surface area contributed by atoms with Gasteiger partial charge in [0.05, 0.1) is 18.3 Å². The second-order valence-corrected chi connectivity index (χ2v) is 11.7. The molecule has 0 bridgehead atoms. The first kappa shape index (κ1) is 27.5. The van der Waals surface area contributed by atoms with Gasteiger partial charge in [-0.3, -0.25) is 9.59 Å². The van der Waals surface area contributed by atoms with E-state index in [9.17, 15) is 19.5 Å². The highest BCUT2D eigenvalue weighted by molar-refractivity contribution is 14.1. The summed E-state index contributed by atoms with van der Waals surface area (Å²) in [7, 11) is 0.